The van der Waals surface area contributed by atoms with Crippen molar-refractivity contribution in [3.8, 4) is 0 Å². The highest BCUT2D eigenvalue weighted by Gasteiger charge is 2.19. The van der Waals surface area contributed by atoms with Crippen molar-refractivity contribution in [1.82, 2.24) is 10.2 Å². The molecule has 1 aromatic carbocycles. The Bertz CT molecular complexity index is 430. The van der Waals surface area contributed by atoms with Gasteiger partial charge in [-0.25, -0.2) is 0 Å². The number of nitrogens with two attached hydrogens (primary N) is 1. The molecule has 124 valence electrons. The zero-order valence-corrected chi connectivity index (χ0v) is 15.8. The van der Waals surface area contributed by atoms with Crippen LogP contribution in [0.3, 0.4) is 0 Å². The summed E-state index contributed by atoms with van der Waals surface area (Å²) in [7, 11) is 0. The van der Waals surface area contributed by atoms with Gasteiger partial charge in [-0.3, -0.25) is 9.89 Å². The van der Waals surface area contributed by atoms with Crippen molar-refractivity contribution in [2.75, 3.05) is 26.2 Å². The average Bonchev–Trinajstić information content (AvgIpc) is 3.03. The van der Waals surface area contributed by atoms with Crippen molar-refractivity contribution < 1.29 is 0 Å². The summed E-state index contributed by atoms with van der Waals surface area (Å²) in [6, 6.07) is 11.0. The summed E-state index contributed by atoms with van der Waals surface area (Å²) in [6.07, 6.45) is 4.76. The van der Waals surface area contributed by atoms with E-state index in [2.05, 4.69) is 46.4 Å². The van der Waals surface area contributed by atoms with E-state index in [-0.39, 0.29) is 24.0 Å². The lowest BCUT2D eigenvalue weighted by atomic mass is 10.1. The van der Waals surface area contributed by atoms with Gasteiger partial charge in [0.2, 0.25) is 0 Å². The number of nitrogens with one attached hydrogen (secondary N) is 1. The summed E-state index contributed by atoms with van der Waals surface area (Å²) in [6.45, 7) is 6.31. The van der Waals surface area contributed by atoms with Crippen molar-refractivity contribution in [3.63, 3.8) is 0 Å². The van der Waals surface area contributed by atoms with Crippen LogP contribution in [0.5, 0.6) is 0 Å². The van der Waals surface area contributed by atoms with Crippen molar-refractivity contribution in [2.24, 2.45) is 10.7 Å². The number of rotatable bonds is 7. The molecule has 0 aromatic heterocycles. The summed E-state index contributed by atoms with van der Waals surface area (Å²) >= 11 is 0. The second-order valence-corrected chi connectivity index (χ2v) is 5.69. The fourth-order valence-corrected chi connectivity index (χ4v) is 2.85. The van der Waals surface area contributed by atoms with Crippen LogP contribution in [-0.4, -0.2) is 43.1 Å². The van der Waals surface area contributed by atoms with Crippen molar-refractivity contribution in [1.29, 1.82) is 0 Å². The molecule has 5 heteroatoms. The Labute approximate surface area is 151 Å². The lowest BCUT2D eigenvalue weighted by molar-refractivity contribution is 0.242. The van der Waals surface area contributed by atoms with E-state index in [1.54, 1.807) is 0 Å². The molecule has 1 aliphatic rings. The first-order valence-electron chi connectivity index (χ1n) is 8.11. The van der Waals surface area contributed by atoms with Crippen molar-refractivity contribution in [3.05, 3.63) is 35.9 Å². The highest BCUT2D eigenvalue weighted by molar-refractivity contribution is 14.0. The number of hydrogen-bond acceptors (Lipinski definition) is 2. The zero-order valence-electron chi connectivity index (χ0n) is 13.5. The van der Waals surface area contributed by atoms with Gasteiger partial charge in [0.25, 0.3) is 0 Å². The lowest BCUT2D eigenvalue weighted by Gasteiger charge is -2.24. The highest BCUT2D eigenvalue weighted by Crippen LogP contribution is 2.14. The molecular weight excluding hydrogens is 387 g/mol. The van der Waals surface area contributed by atoms with Gasteiger partial charge in [-0.1, -0.05) is 37.3 Å². The molecule has 4 nitrogen and oxygen atoms in total. The maximum Gasteiger partial charge on any atom is 0.188 e. The average molecular weight is 416 g/mol. The van der Waals surface area contributed by atoms with Crippen LogP contribution in [0.25, 0.3) is 0 Å². The van der Waals surface area contributed by atoms with Crippen LogP contribution in [0.15, 0.2) is 35.3 Å². The first-order chi connectivity index (χ1) is 10.3. The summed E-state index contributed by atoms with van der Waals surface area (Å²) in [4.78, 5) is 7.06. The van der Waals surface area contributed by atoms with Crippen LogP contribution in [0.4, 0.5) is 0 Å². The van der Waals surface area contributed by atoms with Crippen molar-refractivity contribution >= 4 is 29.9 Å². The highest BCUT2D eigenvalue weighted by atomic mass is 127. The second kappa shape index (κ2) is 10.8. The SMILES string of the molecule is CCC(CN=C(N)NCCc1ccccc1)N1CCCC1.I. The second-order valence-electron chi connectivity index (χ2n) is 5.69. The normalized spacial score (nSPS) is 17.0. The number of halogens is 1. The Kier molecular flexibility index (Phi) is 9.47. The lowest BCUT2D eigenvalue weighted by Crippen LogP contribution is -2.38. The monoisotopic (exact) mass is 416 g/mol. The van der Waals surface area contributed by atoms with E-state index >= 15 is 0 Å². The van der Waals surface area contributed by atoms with Gasteiger partial charge in [0.15, 0.2) is 5.96 Å². The van der Waals surface area contributed by atoms with E-state index in [1.807, 2.05) is 6.07 Å². The molecule has 0 bridgehead atoms. The van der Waals surface area contributed by atoms with Crippen LogP contribution >= 0.6 is 24.0 Å². The fraction of sp³-hybridized carbons (Fsp3) is 0.588. The van der Waals surface area contributed by atoms with E-state index in [0.29, 0.717) is 12.0 Å². The standard InChI is InChI=1S/C17H28N4.HI/c1-2-16(21-12-6-7-13-21)14-20-17(18)19-11-10-15-8-4-3-5-9-15;/h3-5,8-9,16H,2,6-7,10-14H2,1H3,(H3,18,19,20);1H. The van der Waals surface area contributed by atoms with Crippen LogP contribution in [0.2, 0.25) is 0 Å². The maximum atomic E-state index is 5.96. The minimum absolute atomic E-state index is 0. The zero-order chi connectivity index (χ0) is 14.9. The summed E-state index contributed by atoms with van der Waals surface area (Å²) in [5.74, 6) is 0.573. The molecule has 0 spiro atoms. The van der Waals surface area contributed by atoms with Gasteiger partial charge in [0.1, 0.15) is 0 Å². The molecular formula is C17H29IN4. The molecule has 1 atom stereocenters. The van der Waals surface area contributed by atoms with Crippen LogP contribution in [0.1, 0.15) is 31.7 Å². The first kappa shape index (κ1) is 19.2. The molecule has 1 unspecified atom stereocenters. The number of hydrogen-bond donors (Lipinski definition) is 2. The van der Waals surface area contributed by atoms with E-state index in [1.165, 1.54) is 31.5 Å². The molecule has 1 saturated heterocycles. The van der Waals surface area contributed by atoms with Crippen LogP contribution in [0, 0.1) is 0 Å². The maximum absolute atomic E-state index is 5.96. The topological polar surface area (TPSA) is 53.6 Å². The Morgan fingerprint density at radius 1 is 1.27 bits per heavy atom. The van der Waals surface area contributed by atoms with Crippen molar-refractivity contribution in [2.45, 2.75) is 38.6 Å². The molecule has 22 heavy (non-hydrogen) atoms. The van der Waals surface area contributed by atoms with Gasteiger partial charge in [-0.15, -0.1) is 24.0 Å². The predicted molar refractivity (Wildman–Crippen MR) is 105 cm³/mol. The molecule has 0 radical (unpaired) electrons. The third-order valence-electron chi connectivity index (χ3n) is 4.16. The van der Waals surface area contributed by atoms with E-state index in [4.69, 9.17) is 5.73 Å². The van der Waals surface area contributed by atoms with Gasteiger partial charge < -0.3 is 11.1 Å². The third-order valence-corrected chi connectivity index (χ3v) is 4.16. The fourth-order valence-electron chi connectivity index (χ4n) is 2.85. The molecule has 1 aliphatic heterocycles. The Morgan fingerprint density at radius 3 is 2.59 bits per heavy atom. The Morgan fingerprint density at radius 2 is 1.95 bits per heavy atom. The molecule has 1 aromatic rings. The third kappa shape index (κ3) is 6.52. The number of guanidine groups is 1. The summed E-state index contributed by atoms with van der Waals surface area (Å²) < 4.78 is 0. The summed E-state index contributed by atoms with van der Waals surface area (Å²) in [5, 5.41) is 3.21. The molecule has 2 rings (SSSR count). The number of aliphatic imine (C=N–C) groups is 1. The minimum Gasteiger partial charge on any atom is -0.370 e. The molecule has 0 saturated carbocycles. The quantitative estimate of drug-likeness (QED) is 0.408. The Balaban J connectivity index is 0.00000242. The van der Waals surface area contributed by atoms with Gasteiger partial charge in [-0.2, -0.15) is 0 Å². The predicted octanol–water partition coefficient (Wildman–Crippen LogP) is 2.63. The van der Waals surface area contributed by atoms with E-state index in [9.17, 15) is 0 Å². The number of benzene rings is 1. The van der Waals surface area contributed by atoms with Crippen LogP contribution in [-0.2, 0) is 6.42 Å². The Hall–Kier alpha value is -0.820. The van der Waals surface area contributed by atoms with Gasteiger partial charge >= 0.3 is 0 Å². The van der Waals surface area contributed by atoms with E-state index < -0.39 is 0 Å². The van der Waals surface area contributed by atoms with Gasteiger partial charge in [0.05, 0.1) is 6.54 Å². The molecule has 0 amide bonds. The number of likely N-dealkylation sites (tertiary alicyclic amines) is 1. The number of nitrogens with zero attached hydrogens (tertiary/aromatic N) is 2. The molecule has 3 N–H and O–H groups in total. The molecule has 0 aliphatic carbocycles. The van der Waals surface area contributed by atoms with Crippen LogP contribution < -0.4 is 11.1 Å². The molecule has 1 heterocycles. The minimum atomic E-state index is 0. The van der Waals surface area contributed by atoms with Gasteiger partial charge in [-0.05, 0) is 44.3 Å². The molecule has 1 fully saturated rings. The largest absolute Gasteiger partial charge is 0.370 e. The smallest absolute Gasteiger partial charge is 0.188 e. The summed E-state index contributed by atoms with van der Waals surface area (Å²) in [5.41, 5.74) is 7.28. The van der Waals surface area contributed by atoms with E-state index in [0.717, 1.165) is 25.9 Å². The van der Waals surface area contributed by atoms with Gasteiger partial charge in [0, 0.05) is 12.6 Å². The first-order valence-corrected chi connectivity index (χ1v) is 8.11.